The lowest BCUT2D eigenvalue weighted by atomic mass is 9.78. The van der Waals surface area contributed by atoms with Crippen molar-refractivity contribution < 1.29 is 43.5 Å². The van der Waals surface area contributed by atoms with Gasteiger partial charge in [-0.2, -0.15) is 0 Å². The van der Waals surface area contributed by atoms with Gasteiger partial charge in [-0.15, -0.1) is 0 Å². The number of likely N-dealkylation sites (N-methyl/N-ethyl adjacent to an activating group) is 1. The van der Waals surface area contributed by atoms with E-state index in [9.17, 15) is 19.8 Å². The zero-order valence-electron chi connectivity index (χ0n) is 33.5. The van der Waals surface area contributed by atoms with Crippen molar-refractivity contribution in [3.8, 4) is 0 Å². The highest BCUT2D eigenvalue weighted by molar-refractivity contribution is 6.00. The summed E-state index contributed by atoms with van der Waals surface area (Å²) in [6, 6.07) is 5.26. The van der Waals surface area contributed by atoms with Gasteiger partial charge in [-0.25, -0.2) is 0 Å². The molecule has 2 N–H and O–H groups in total. The molecule has 1 saturated carbocycles. The second-order valence-electron chi connectivity index (χ2n) is 17.0. The van der Waals surface area contributed by atoms with Gasteiger partial charge in [0, 0.05) is 43.2 Å². The molecular weight excluding hydrogens is 678 g/mol. The summed E-state index contributed by atoms with van der Waals surface area (Å²) in [7, 11) is 3.84. The molecule has 5 heterocycles. The number of ketones is 1. The van der Waals surface area contributed by atoms with Crippen LogP contribution in [-0.2, 0) is 33.3 Å². The molecule has 12 nitrogen and oxygen atoms in total. The van der Waals surface area contributed by atoms with E-state index in [-0.39, 0.29) is 41.9 Å². The first kappa shape index (κ1) is 41.9. The summed E-state index contributed by atoms with van der Waals surface area (Å²) >= 11 is 0. The molecule has 1 aromatic heterocycles. The number of aliphatic hydroxyl groups is 2. The van der Waals surface area contributed by atoms with Crippen LogP contribution >= 0.6 is 0 Å². The van der Waals surface area contributed by atoms with Crippen molar-refractivity contribution in [3.63, 3.8) is 0 Å². The summed E-state index contributed by atoms with van der Waals surface area (Å²) in [5, 5.41) is 24.0. The lowest BCUT2D eigenvalue weighted by molar-refractivity contribution is -0.298. The second-order valence-corrected chi connectivity index (χ2v) is 17.0. The van der Waals surface area contributed by atoms with E-state index in [1.807, 2.05) is 64.0 Å². The Morgan fingerprint density at radius 2 is 1.83 bits per heavy atom. The van der Waals surface area contributed by atoms with Crippen LogP contribution < -0.4 is 0 Å². The van der Waals surface area contributed by atoms with E-state index in [0.29, 0.717) is 39.0 Å². The predicted molar refractivity (Wildman–Crippen MR) is 201 cm³/mol. The summed E-state index contributed by atoms with van der Waals surface area (Å²) in [6.07, 6.45) is 3.07. The Bertz CT molecular complexity index is 1410. The van der Waals surface area contributed by atoms with Crippen molar-refractivity contribution in [1.82, 2.24) is 14.8 Å². The Hall–Kier alpha value is -2.29. The SMILES string of the molecule is CC[C@H]1OC(=O)C(C)C(=O)[C@H](C)[C@@H](O[C@@H]2O[C@H](C)C[C@H](N(C)C)[C@H]2O)[C@@]2(C)C[C@@H](C)CN(C/C=C/c3ccccn3)[C@H](C)[C@@H](OC3CC3CO2)[C@]1(C)O. The first-order chi connectivity index (χ1) is 25.0. The predicted octanol–water partition coefficient (Wildman–Crippen LogP) is 4.11. The fraction of sp³-hybridized carbons (Fsp3) is 0.780. The standard InChI is InChI=1S/C41H65N3O9/c1-11-33-41(8,48)37-28(6)44(18-14-16-30-15-12-13-17-42-30)22-24(2)21-40(7,49-23-29-20-32(29)51-37)36(26(4)34(45)27(5)38(47)52-33)53-39-35(46)31(43(9)10)19-25(3)50-39/h12-17,24-29,31-33,35-37,39,46,48H,11,18-23H2,1-10H3/b16-14+/t24-,25-,26+,27?,28-,29?,31+,32?,33-,35-,36-,37-,39+,40-,41-/m1/s1. The highest BCUT2D eigenvalue weighted by Gasteiger charge is 2.55. The van der Waals surface area contributed by atoms with Crippen molar-refractivity contribution >= 4 is 17.8 Å². The molecule has 15 atom stereocenters. The number of pyridine rings is 1. The number of nitrogens with zero attached hydrogens (tertiary/aromatic N) is 3. The van der Waals surface area contributed by atoms with Gasteiger partial charge in [0.1, 0.15) is 29.8 Å². The summed E-state index contributed by atoms with van der Waals surface area (Å²) in [4.78, 5) is 37.0. The third-order valence-electron chi connectivity index (χ3n) is 12.1. The van der Waals surface area contributed by atoms with Gasteiger partial charge in [0.2, 0.25) is 0 Å². The fourth-order valence-electron chi connectivity index (χ4n) is 8.87. The molecule has 0 aromatic carbocycles. The van der Waals surface area contributed by atoms with Crippen molar-refractivity contribution in [2.24, 2.45) is 23.7 Å². The van der Waals surface area contributed by atoms with E-state index >= 15 is 0 Å². The molecule has 6 rings (SSSR count). The number of Topliss-reactive ketones (excluding diaryl/α,β-unsaturated/α-hetero) is 1. The number of aromatic nitrogens is 1. The van der Waals surface area contributed by atoms with E-state index in [1.165, 1.54) is 0 Å². The van der Waals surface area contributed by atoms with Gasteiger partial charge in [0.05, 0.1) is 36.2 Å². The first-order valence-corrected chi connectivity index (χ1v) is 19.7. The average Bonchev–Trinajstić information content (AvgIpc) is 3.87. The number of hydrogen-bond donors (Lipinski definition) is 2. The molecule has 53 heavy (non-hydrogen) atoms. The molecule has 3 unspecified atom stereocenters. The van der Waals surface area contributed by atoms with Crippen molar-refractivity contribution in [2.45, 2.75) is 147 Å². The van der Waals surface area contributed by atoms with Crippen molar-refractivity contribution in [3.05, 3.63) is 36.2 Å². The molecule has 0 spiro atoms. The smallest absolute Gasteiger partial charge is 0.316 e. The van der Waals surface area contributed by atoms with Crippen LogP contribution in [-0.4, -0.2) is 137 Å². The lowest BCUT2D eigenvalue weighted by Crippen LogP contribution is -2.61. The molecule has 0 radical (unpaired) electrons. The van der Waals surface area contributed by atoms with E-state index in [1.54, 1.807) is 27.0 Å². The van der Waals surface area contributed by atoms with Gasteiger partial charge in [-0.05, 0) is 98.5 Å². The van der Waals surface area contributed by atoms with Crippen LogP contribution in [0.25, 0.3) is 6.08 Å². The van der Waals surface area contributed by atoms with Gasteiger partial charge >= 0.3 is 5.97 Å². The van der Waals surface area contributed by atoms with Gasteiger partial charge in [-0.3, -0.25) is 19.5 Å². The highest BCUT2D eigenvalue weighted by Crippen LogP contribution is 2.44. The Balaban J connectivity index is 1.60. The van der Waals surface area contributed by atoms with Crippen LogP contribution in [0.4, 0.5) is 0 Å². The van der Waals surface area contributed by atoms with E-state index < -0.39 is 59.7 Å². The van der Waals surface area contributed by atoms with Crippen molar-refractivity contribution in [1.29, 1.82) is 0 Å². The molecule has 1 aromatic rings. The van der Waals surface area contributed by atoms with Crippen LogP contribution in [0.2, 0.25) is 0 Å². The normalized spacial score (nSPS) is 43.7. The Morgan fingerprint density at radius 1 is 1.09 bits per heavy atom. The van der Waals surface area contributed by atoms with Gasteiger partial charge in [0.25, 0.3) is 0 Å². The third-order valence-corrected chi connectivity index (χ3v) is 12.1. The maximum absolute atomic E-state index is 14.4. The molecule has 0 amide bonds. The fourth-order valence-corrected chi connectivity index (χ4v) is 8.87. The molecule has 4 aliphatic heterocycles. The average molecular weight is 744 g/mol. The number of ether oxygens (including phenoxy) is 5. The molecule has 4 saturated heterocycles. The van der Waals surface area contributed by atoms with Crippen LogP contribution in [0.15, 0.2) is 30.5 Å². The number of aliphatic hydroxyl groups excluding tert-OH is 1. The minimum Gasteiger partial charge on any atom is -0.459 e. The number of hydrogen-bond acceptors (Lipinski definition) is 12. The van der Waals surface area contributed by atoms with Crippen LogP contribution in [0, 0.1) is 23.7 Å². The zero-order valence-corrected chi connectivity index (χ0v) is 33.5. The number of carbonyl (C=O) groups is 2. The number of carbonyl (C=O) groups excluding carboxylic acids is 2. The van der Waals surface area contributed by atoms with Gasteiger partial charge < -0.3 is 38.8 Å². The molecule has 1 aliphatic carbocycles. The van der Waals surface area contributed by atoms with Crippen molar-refractivity contribution in [2.75, 3.05) is 33.8 Å². The zero-order chi connectivity index (χ0) is 38.8. The van der Waals surface area contributed by atoms with E-state index in [4.69, 9.17) is 23.7 Å². The first-order valence-electron chi connectivity index (χ1n) is 19.7. The minimum atomic E-state index is -1.59. The van der Waals surface area contributed by atoms with Gasteiger partial charge in [0.15, 0.2) is 12.1 Å². The second kappa shape index (κ2) is 17.2. The lowest BCUT2D eigenvalue weighted by Gasteiger charge is -2.48. The van der Waals surface area contributed by atoms with Crippen LogP contribution in [0.1, 0.15) is 86.8 Å². The number of fused-ring (bicyclic) bond motifs is 12. The van der Waals surface area contributed by atoms with Crippen LogP contribution in [0.5, 0.6) is 0 Å². The summed E-state index contributed by atoms with van der Waals surface area (Å²) < 4.78 is 32.9. The Kier molecular flexibility index (Phi) is 13.6. The highest BCUT2D eigenvalue weighted by atomic mass is 16.7. The molecular formula is C41H65N3O9. The summed E-state index contributed by atoms with van der Waals surface area (Å²) in [5.74, 6) is -3.01. The van der Waals surface area contributed by atoms with E-state index in [0.717, 1.165) is 12.1 Å². The summed E-state index contributed by atoms with van der Waals surface area (Å²) in [6.45, 7) is 16.5. The Labute approximate surface area is 316 Å². The monoisotopic (exact) mass is 743 g/mol. The molecule has 298 valence electrons. The van der Waals surface area contributed by atoms with E-state index in [2.05, 4.69) is 29.8 Å². The van der Waals surface area contributed by atoms with Gasteiger partial charge in [-0.1, -0.05) is 32.9 Å². The molecule has 5 aliphatic rings. The largest absolute Gasteiger partial charge is 0.459 e. The molecule has 2 bridgehead atoms. The maximum Gasteiger partial charge on any atom is 0.316 e. The number of rotatable bonds is 7. The quantitative estimate of drug-likeness (QED) is 0.307. The third kappa shape index (κ3) is 9.57. The minimum absolute atomic E-state index is 0.00665. The summed E-state index contributed by atoms with van der Waals surface area (Å²) in [5.41, 5.74) is -1.78. The van der Waals surface area contributed by atoms with Crippen LogP contribution in [0.3, 0.4) is 0 Å². The molecule has 12 heteroatoms. The molecule has 5 fully saturated rings. The Morgan fingerprint density at radius 3 is 2.49 bits per heavy atom. The topological polar surface area (TPSA) is 140 Å². The number of esters is 1. The maximum atomic E-state index is 14.4.